The maximum atomic E-state index is 11.7. The minimum Gasteiger partial charge on any atom is -0.393 e. The first-order valence-corrected chi connectivity index (χ1v) is 7.82. The molecule has 0 aromatic carbocycles. The Bertz CT molecular complexity index is 400. The third kappa shape index (κ3) is 4.84. The van der Waals surface area contributed by atoms with Gasteiger partial charge in [-0.25, -0.2) is 0 Å². The number of aromatic nitrogens is 1. The fourth-order valence-corrected chi connectivity index (χ4v) is 3.09. The number of aliphatic hydroxyl groups excluding tert-OH is 1. The summed E-state index contributed by atoms with van der Waals surface area (Å²) in [6.07, 6.45) is 6.29. The van der Waals surface area contributed by atoms with E-state index in [9.17, 15) is 9.90 Å². The van der Waals surface area contributed by atoms with Gasteiger partial charge in [-0.05, 0) is 24.5 Å². The van der Waals surface area contributed by atoms with E-state index < -0.39 is 0 Å². The van der Waals surface area contributed by atoms with Crippen LogP contribution in [0.25, 0.3) is 0 Å². The van der Waals surface area contributed by atoms with E-state index in [1.807, 2.05) is 18.3 Å². The van der Waals surface area contributed by atoms with Crippen molar-refractivity contribution in [1.29, 1.82) is 0 Å². The molecule has 0 spiro atoms. The Hall–Kier alpha value is -1.07. The Morgan fingerprint density at radius 3 is 3.11 bits per heavy atom. The average molecular weight is 280 g/mol. The van der Waals surface area contributed by atoms with Crippen LogP contribution in [0.15, 0.2) is 24.5 Å². The molecule has 1 aliphatic carbocycles. The van der Waals surface area contributed by atoms with Crippen molar-refractivity contribution >= 4 is 17.7 Å². The molecule has 1 fully saturated rings. The third-order valence-electron chi connectivity index (χ3n) is 3.41. The Morgan fingerprint density at radius 2 is 2.42 bits per heavy atom. The number of pyridine rings is 1. The Balaban J connectivity index is 1.59. The molecule has 4 nitrogen and oxygen atoms in total. The second-order valence-corrected chi connectivity index (χ2v) is 5.90. The maximum absolute atomic E-state index is 11.7. The zero-order chi connectivity index (χ0) is 13.5. The van der Waals surface area contributed by atoms with Crippen molar-refractivity contribution in [2.45, 2.75) is 31.1 Å². The fourth-order valence-electron chi connectivity index (χ4n) is 2.30. The molecule has 1 amide bonds. The Morgan fingerprint density at radius 1 is 1.53 bits per heavy atom. The average Bonchev–Trinajstić information content (AvgIpc) is 2.83. The SMILES string of the molecule is O=C(CSCc1cccnc1)NCC1CCCC1O. The summed E-state index contributed by atoms with van der Waals surface area (Å²) in [5, 5.41) is 12.6. The molecule has 5 heteroatoms. The molecule has 2 N–H and O–H groups in total. The van der Waals surface area contributed by atoms with Gasteiger partial charge in [-0.2, -0.15) is 0 Å². The highest BCUT2D eigenvalue weighted by atomic mass is 32.2. The molecule has 1 heterocycles. The Labute approximate surface area is 118 Å². The van der Waals surface area contributed by atoms with Crippen LogP contribution in [-0.2, 0) is 10.5 Å². The van der Waals surface area contributed by atoms with E-state index in [1.54, 1.807) is 18.0 Å². The highest BCUT2D eigenvalue weighted by Crippen LogP contribution is 2.24. The summed E-state index contributed by atoms with van der Waals surface area (Å²) in [5.74, 6) is 1.55. The van der Waals surface area contributed by atoms with E-state index in [-0.39, 0.29) is 17.9 Å². The molecule has 1 saturated carbocycles. The van der Waals surface area contributed by atoms with Gasteiger partial charge < -0.3 is 10.4 Å². The summed E-state index contributed by atoms with van der Waals surface area (Å²) < 4.78 is 0. The van der Waals surface area contributed by atoms with Crippen LogP contribution in [0.1, 0.15) is 24.8 Å². The van der Waals surface area contributed by atoms with Crippen LogP contribution >= 0.6 is 11.8 Å². The van der Waals surface area contributed by atoms with Crippen LogP contribution in [0, 0.1) is 5.92 Å². The lowest BCUT2D eigenvalue weighted by molar-refractivity contribution is -0.118. The number of carbonyl (C=O) groups excluding carboxylic acids is 1. The number of aliphatic hydroxyl groups is 1. The number of amides is 1. The molecule has 0 aliphatic heterocycles. The van der Waals surface area contributed by atoms with Crippen molar-refractivity contribution in [3.8, 4) is 0 Å². The van der Waals surface area contributed by atoms with E-state index in [0.29, 0.717) is 12.3 Å². The van der Waals surface area contributed by atoms with E-state index in [1.165, 1.54) is 0 Å². The number of hydrogen-bond donors (Lipinski definition) is 2. The largest absolute Gasteiger partial charge is 0.393 e. The maximum Gasteiger partial charge on any atom is 0.230 e. The molecular weight excluding hydrogens is 260 g/mol. The number of carbonyl (C=O) groups is 1. The van der Waals surface area contributed by atoms with Crippen molar-refractivity contribution in [1.82, 2.24) is 10.3 Å². The first-order chi connectivity index (χ1) is 9.25. The standard InChI is InChI=1S/C14H20N2O2S/c17-13-5-1-4-12(13)8-16-14(18)10-19-9-11-3-2-6-15-7-11/h2-3,6-7,12-13,17H,1,4-5,8-10H2,(H,16,18). The molecule has 0 bridgehead atoms. The second-order valence-electron chi connectivity index (χ2n) is 4.92. The van der Waals surface area contributed by atoms with Crippen LogP contribution in [0.5, 0.6) is 0 Å². The van der Waals surface area contributed by atoms with E-state index >= 15 is 0 Å². The molecule has 2 atom stereocenters. The van der Waals surface area contributed by atoms with Crippen molar-refractivity contribution in [2.24, 2.45) is 5.92 Å². The first kappa shape index (κ1) is 14.3. The van der Waals surface area contributed by atoms with Crippen molar-refractivity contribution in [2.75, 3.05) is 12.3 Å². The summed E-state index contributed by atoms with van der Waals surface area (Å²) in [6, 6.07) is 3.91. The van der Waals surface area contributed by atoms with Gasteiger partial charge in [0.05, 0.1) is 11.9 Å². The predicted octanol–water partition coefficient (Wildman–Crippen LogP) is 1.59. The van der Waals surface area contributed by atoms with E-state index in [4.69, 9.17) is 0 Å². The van der Waals surface area contributed by atoms with Gasteiger partial charge in [-0.15, -0.1) is 11.8 Å². The second kappa shape index (κ2) is 7.50. The number of hydrogen-bond acceptors (Lipinski definition) is 4. The smallest absolute Gasteiger partial charge is 0.230 e. The molecular formula is C14H20N2O2S. The number of nitrogens with one attached hydrogen (secondary N) is 1. The lowest BCUT2D eigenvalue weighted by atomic mass is 10.1. The van der Waals surface area contributed by atoms with Crippen LogP contribution < -0.4 is 5.32 Å². The predicted molar refractivity (Wildman–Crippen MR) is 76.8 cm³/mol. The van der Waals surface area contributed by atoms with Gasteiger partial charge in [-0.3, -0.25) is 9.78 Å². The van der Waals surface area contributed by atoms with Gasteiger partial charge in [-0.1, -0.05) is 12.5 Å². The minimum absolute atomic E-state index is 0.0491. The summed E-state index contributed by atoms with van der Waals surface area (Å²) >= 11 is 1.58. The molecule has 0 radical (unpaired) electrons. The quantitative estimate of drug-likeness (QED) is 0.831. The molecule has 19 heavy (non-hydrogen) atoms. The summed E-state index contributed by atoms with van der Waals surface area (Å²) in [7, 11) is 0. The van der Waals surface area contributed by atoms with Crippen LogP contribution in [0.2, 0.25) is 0 Å². The molecule has 2 rings (SSSR count). The molecule has 1 aliphatic rings. The topological polar surface area (TPSA) is 62.2 Å². The summed E-state index contributed by atoms with van der Waals surface area (Å²) in [5.41, 5.74) is 1.13. The molecule has 104 valence electrons. The highest BCUT2D eigenvalue weighted by molar-refractivity contribution is 7.99. The minimum atomic E-state index is -0.233. The van der Waals surface area contributed by atoms with Crippen LogP contribution in [0.4, 0.5) is 0 Å². The lowest BCUT2D eigenvalue weighted by Crippen LogP contribution is -2.33. The van der Waals surface area contributed by atoms with E-state index in [0.717, 1.165) is 30.6 Å². The first-order valence-electron chi connectivity index (χ1n) is 6.67. The highest BCUT2D eigenvalue weighted by Gasteiger charge is 2.25. The van der Waals surface area contributed by atoms with Gasteiger partial charge in [0.15, 0.2) is 0 Å². The number of rotatable bonds is 6. The summed E-state index contributed by atoms with van der Waals surface area (Å²) in [6.45, 7) is 0.605. The van der Waals surface area contributed by atoms with Gasteiger partial charge in [0.1, 0.15) is 0 Å². The Kier molecular flexibility index (Phi) is 5.66. The van der Waals surface area contributed by atoms with Gasteiger partial charge in [0.25, 0.3) is 0 Å². The van der Waals surface area contributed by atoms with Crippen molar-refractivity contribution < 1.29 is 9.90 Å². The van der Waals surface area contributed by atoms with Crippen molar-refractivity contribution in [3.63, 3.8) is 0 Å². The fraction of sp³-hybridized carbons (Fsp3) is 0.571. The molecule has 1 aromatic heterocycles. The zero-order valence-electron chi connectivity index (χ0n) is 10.9. The number of nitrogens with zero attached hydrogens (tertiary/aromatic N) is 1. The molecule has 1 aromatic rings. The normalized spacial score (nSPS) is 22.4. The van der Waals surface area contributed by atoms with Crippen LogP contribution in [-0.4, -0.2) is 34.4 Å². The van der Waals surface area contributed by atoms with E-state index in [2.05, 4.69) is 10.3 Å². The van der Waals surface area contributed by atoms with Gasteiger partial charge in [0, 0.05) is 30.6 Å². The van der Waals surface area contributed by atoms with Crippen molar-refractivity contribution in [3.05, 3.63) is 30.1 Å². The van der Waals surface area contributed by atoms with Crippen LogP contribution in [0.3, 0.4) is 0 Å². The van der Waals surface area contributed by atoms with Gasteiger partial charge in [0.2, 0.25) is 5.91 Å². The summed E-state index contributed by atoms with van der Waals surface area (Å²) in [4.78, 5) is 15.7. The third-order valence-corrected chi connectivity index (χ3v) is 4.41. The number of thioether (sulfide) groups is 1. The monoisotopic (exact) mass is 280 g/mol. The zero-order valence-corrected chi connectivity index (χ0v) is 11.7. The molecule has 2 unspecified atom stereocenters. The lowest BCUT2D eigenvalue weighted by Gasteiger charge is -2.14. The van der Waals surface area contributed by atoms with Gasteiger partial charge >= 0.3 is 0 Å². The molecule has 0 saturated heterocycles.